The summed E-state index contributed by atoms with van der Waals surface area (Å²) in [4.78, 5) is 12.2. The largest absolute Gasteiger partial charge is 0.416 e. The number of carbonyl (C=O) groups excluding carboxylic acids is 1. The Morgan fingerprint density at radius 2 is 1.52 bits per heavy atom. The second kappa shape index (κ2) is 9.78. The van der Waals surface area contributed by atoms with Crippen LogP contribution in [0.3, 0.4) is 0 Å². The first-order valence-electron chi connectivity index (χ1n) is 9.66. The fourth-order valence-corrected chi connectivity index (χ4v) is 10.00. The summed E-state index contributed by atoms with van der Waals surface area (Å²) in [5, 5.41) is 0. The number of hydrogen-bond acceptors (Lipinski definition) is 2. The molecular formula is C20H38O2Si. The molecule has 0 bridgehead atoms. The van der Waals surface area contributed by atoms with Crippen molar-refractivity contribution < 1.29 is 9.22 Å². The maximum atomic E-state index is 12.2. The van der Waals surface area contributed by atoms with Crippen LogP contribution < -0.4 is 0 Å². The van der Waals surface area contributed by atoms with E-state index in [1.165, 1.54) is 19.3 Å². The molecule has 0 spiro atoms. The second-order valence-electron chi connectivity index (χ2n) is 8.09. The Hall–Kier alpha value is -0.413. The van der Waals surface area contributed by atoms with Crippen LogP contribution in [-0.4, -0.2) is 20.7 Å². The van der Waals surface area contributed by atoms with Gasteiger partial charge in [0.25, 0.3) is 0 Å². The fraction of sp³-hybridized carbons (Fsp3) is 0.850. The average Bonchev–Trinajstić information content (AvgIpc) is 2.50. The van der Waals surface area contributed by atoms with Crippen LogP contribution in [0.1, 0.15) is 80.1 Å². The second-order valence-corrected chi connectivity index (χ2v) is 13.6. The van der Waals surface area contributed by atoms with Gasteiger partial charge in [-0.3, -0.25) is 4.79 Å². The molecule has 1 rings (SSSR count). The van der Waals surface area contributed by atoms with Gasteiger partial charge >= 0.3 is 0 Å². The highest BCUT2D eigenvalue weighted by Gasteiger charge is 2.44. The molecule has 0 amide bonds. The molecule has 0 radical (unpaired) electrons. The van der Waals surface area contributed by atoms with Crippen molar-refractivity contribution in [2.45, 2.75) is 96.7 Å². The SMILES string of the molecule is CC(C)[Si](OCC/C=C/C(=O)C1CCCCC1)(C(C)C)C(C)C. The van der Waals surface area contributed by atoms with E-state index in [2.05, 4.69) is 41.5 Å². The molecule has 2 nitrogen and oxygen atoms in total. The lowest BCUT2D eigenvalue weighted by molar-refractivity contribution is -0.119. The van der Waals surface area contributed by atoms with Gasteiger partial charge in [-0.2, -0.15) is 0 Å². The van der Waals surface area contributed by atoms with Gasteiger partial charge in [-0.1, -0.05) is 66.9 Å². The lowest BCUT2D eigenvalue weighted by Gasteiger charge is -2.42. The Kier molecular flexibility index (Phi) is 8.77. The minimum Gasteiger partial charge on any atom is -0.416 e. The Morgan fingerprint density at radius 1 is 1.00 bits per heavy atom. The molecule has 0 aliphatic heterocycles. The Morgan fingerprint density at radius 3 is 2.00 bits per heavy atom. The molecular weight excluding hydrogens is 300 g/mol. The molecule has 0 saturated heterocycles. The van der Waals surface area contributed by atoms with E-state index in [0.717, 1.165) is 25.9 Å². The molecule has 0 aromatic carbocycles. The van der Waals surface area contributed by atoms with E-state index in [0.29, 0.717) is 22.4 Å². The van der Waals surface area contributed by atoms with Crippen LogP contribution in [0.25, 0.3) is 0 Å². The highest BCUT2D eigenvalue weighted by Crippen LogP contribution is 2.42. The molecule has 1 aliphatic rings. The minimum absolute atomic E-state index is 0.288. The summed E-state index contributed by atoms with van der Waals surface area (Å²) < 4.78 is 6.52. The van der Waals surface area contributed by atoms with Gasteiger partial charge in [-0.15, -0.1) is 0 Å². The van der Waals surface area contributed by atoms with Gasteiger partial charge in [-0.05, 0) is 42.0 Å². The molecule has 0 atom stereocenters. The van der Waals surface area contributed by atoms with Gasteiger partial charge < -0.3 is 4.43 Å². The zero-order valence-corrected chi connectivity index (χ0v) is 17.2. The molecule has 0 aromatic heterocycles. The molecule has 0 heterocycles. The van der Waals surface area contributed by atoms with Crippen LogP contribution in [0.4, 0.5) is 0 Å². The number of carbonyl (C=O) groups is 1. The molecule has 23 heavy (non-hydrogen) atoms. The van der Waals surface area contributed by atoms with Crippen molar-refractivity contribution in [3.63, 3.8) is 0 Å². The monoisotopic (exact) mass is 338 g/mol. The summed E-state index contributed by atoms with van der Waals surface area (Å²) in [7, 11) is -1.76. The molecule has 0 aromatic rings. The van der Waals surface area contributed by atoms with E-state index >= 15 is 0 Å². The van der Waals surface area contributed by atoms with Crippen molar-refractivity contribution in [1.82, 2.24) is 0 Å². The summed E-state index contributed by atoms with van der Waals surface area (Å²) >= 11 is 0. The molecule has 3 heteroatoms. The Bertz CT molecular complexity index is 357. The van der Waals surface area contributed by atoms with Crippen molar-refractivity contribution in [1.29, 1.82) is 0 Å². The summed E-state index contributed by atoms with van der Waals surface area (Å²) in [5.41, 5.74) is 1.86. The highest BCUT2D eigenvalue weighted by atomic mass is 28.4. The van der Waals surface area contributed by atoms with Gasteiger partial charge in [0.2, 0.25) is 0 Å². The molecule has 0 unspecified atom stereocenters. The van der Waals surface area contributed by atoms with Crippen molar-refractivity contribution in [2.24, 2.45) is 5.92 Å². The quantitative estimate of drug-likeness (QED) is 0.281. The van der Waals surface area contributed by atoms with Crippen LogP contribution >= 0.6 is 0 Å². The third-order valence-corrected chi connectivity index (χ3v) is 11.8. The van der Waals surface area contributed by atoms with Crippen molar-refractivity contribution in [2.75, 3.05) is 6.61 Å². The maximum absolute atomic E-state index is 12.2. The Balaban J connectivity index is 2.47. The topological polar surface area (TPSA) is 26.3 Å². The predicted molar refractivity (Wildman–Crippen MR) is 102 cm³/mol. The lowest BCUT2D eigenvalue weighted by Crippen LogP contribution is -2.47. The molecule has 0 N–H and O–H groups in total. The summed E-state index contributed by atoms with van der Waals surface area (Å²) in [5.74, 6) is 0.626. The fourth-order valence-electron chi connectivity index (χ4n) is 4.53. The number of hydrogen-bond donors (Lipinski definition) is 0. The zero-order valence-electron chi connectivity index (χ0n) is 16.2. The van der Waals surface area contributed by atoms with Crippen molar-refractivity contribution in [3.05, 3.63) is 12.2 Å². The molecule has 1 aliphatic carbocycles. The maximum Gasteiger partial charge on any atom is 0.200 e. The van der Waals surface area contributed by atoms with Gasteiger partial charge in [0, 0.05) is 12.5 Å². The van der Waals surface area contributed by atoms with E-state index in [-0.39, 0.29) is 5.92 Å². The number of rotatable bonds is 9. The van der Waals surface area contributed by atoms with E-state index in [9.17, 15) is 4.79 Å². The highest BCUT2D eigenvalue weighted by molar-refractivity contribution is 6.77. The first kappa shape index (κ1) is 20.6. The molecule has 1 saturated carbocycles. The predicted octanol–water partition coefficient (Wildman–Crippen LogP) is 6.27. The molecule has 1 fully saturated rings. The van der Waals surface area contributed by atoms with E-state index in [1.54, 1.807) is 0 Å². The molecule has 134 valence electrons. The van der Waals surface area contributed by atoms with Crippen molar-refractivity contribution in [3.8, 4) is 0 Å². The van der Waals surface area contributed by atoms with E-state index in [4.69, 9.17) is 4.43 Å². The van der Waals surface area contributed by atoms with E-state index < -0.39 is 8.32 Å². The lowest BCUT2D eigenvalue weighted by atomic mass is 9.86. The number of allylic oxidation sites excluding steroid dienone is 1. The van der Waals surface area contributed by atoms with Gasteiger partial charge in [0.15, 0.2) is 14.1 Å². The smallest absolute Gasteiger partial charge is 0.200 e. The first-order chi connectivity index (χ1) is 10.8. The minimum atomic E-state index is -1.76. The summed E-state index contributed by atoms with van der Waals surface area (Å²) in [6.07, 6.45) is 10.6. The normalized spacial score (nSPS) is 17.8. The summed E-state index contributed by atoms with van der Waals surface area (Å²) in [6, 6.07) is 0. The van der Waals surface area contributed by atoms with Gasteiger partial charge in [0.05, 0.1) is 0 Å². The van der Waals surface area contributed by atoms with Gasteiger partial charge in [0.1, 0.15) is 0 Å². The standard InChI is InChI=1S/C20H38O2Si/c1-16(2)23(17(3)4,18(5)6)22-15-11-10-14-20(21)19-12-8-7-9-13-19/h10,14,16-19H,7-9,11-13,15H2,1-6H3/b14-10+. The van der Waals surface area contributed by atoms with Crippen LogP contribution in [0.5, 0.6) is 0 Å². The van der Waals surface area contributed by atoms with Crippen LogP contribution in [0.2, 0.25) is 16.6 Å². The van der Waals surface area contributed by atoms with E-state index in [1.807, 2.05) is 12.2 Å². The zero-order chi connectivity index (χ0) is 17.5. The average molecular weight is 339 g/mol. The van der Waals surface area contributed by atoms with Gasteiger partial charge in [-0.25, -0.2) is 0 Å². The first-order valence-corrected chi connectivity index (χ1v) is 11.8. The third kappa shape index (κ3) is 5.56. The van der Waals surface area contributed by atoms with Crippen LogP contribution in [-0.2, 0) is 9.22 Å². The van der Waals surface area contributed by atoms with Crippen LogP contribution in [0, 0.1) is 5.92 Å². The number of ketones is 1. The van der Waals surface area contributed by atoms with Crippen LogP contribution in [0.15, 0.2) is 12.2 Å². The van der Waals surface area contributed by atoms with Crippen molar-refractivity contribution >= 4 is 14.1 Å². The third-order valence-electron chi connectivity index (χ3n) is 5.63. The Labute approximate surface area is 145 Å². The summed E-state index contributed by atoms with van der Waals surface area (Å²) in [6.45, 7) is 14.6.